The lowest BCUT2D eigenvalue weighted by molar-refractivity contribution is 0.321. The lowest BCUT2D eigenvalue weighted by atomic mass is 9.97. The van der Waals surface area contributed by atoms with Crippen molar-refractivity contribution in [3.63, 3.8) is 0 Å². The van der Waals surface area contributed by atoms with Crippen LogP contribution in [0.1, 0.15) is 62.5 Å². The molecule has 0 amide bonds. The van der Waals surface area contributed by atoms with Gasteiger partial charge in [-0.2, -0.15) is 0 Å². The van der Waals surface area contributed by atoms with Gasteiger partial charge in [0.25, 0.3) is 0 Å². The lowest BCUT2D eigenvalue weighted by Gasteiger charge is -2.30. The number of oxazole rings is 1. The van der Waals surface area contributed by atoms with E-state index in [2.05, 4.69) is 33.7 Å². The maximum atomic E-state index is 5.65. The first-order valence-electron chi connectivity index (χ1n) is 7.35. The number of imidazole rings is 1. The van der Waals surface area contributed by atoms with Crippen molar-refractivity contribution in [2.75, 3.05) is 0 Å². The second kappa shape index (κ2) is 5.40. The predicted molar refractivity (Wildman–Crippen MR) is 76.5 cm³/mol. The van der Waals surface area contributed by atoms with Crippen molar-refractivity contribution in [1.29, 1.82) is 0 Å². The lowest BCUT2D eigenvalue weighted by Crippen LogP contribution is -2.35. The van der Waals surface area contributed by atoms with Crippen molar-refractivity contribution >= 4 is 0 Å². The average molecular weight is 274 g/mol. The zero-order valence-electron chi connectivity index (χ0n) is 12.3. The molecule has 0 aliphatic carbocycles. The van der Waals surface area contributed by atoms with Gasteiger partial charge in [-0.15, -0.1) is 0 Å². The number of nitrogens with one attached hydrogen (secondary N) is 1. The highest BCUT2D eigenvalue weighted by atomic mass is 16.4. The number of aryl methyl sites for hydroxylation is 1. The smallest absolute Gasteiger partial charge is 0.217 e. The van der Waals surface area contributed by atoms with Crippen molar-refractivity contribution < 1.29 is 4.42 Å². The Labute approximate surface area is 119 Å². The minimum absolute atomic E-state index is 0.0697. The van der Waals surface area contributed by atoms with Gasteiger partial charge in [0, 0.05) is 18.3 Å². The third kappa shape index (κ3) is 2.50. The largest absolute Gasteiger partial charge is 0.444 e. The molecule has 1 N–H and O–H groups in total. The summed E-state index contributed by atoms with van der Waals surface area (Å²) in [4.78, 5) is 8.67. The molecule has 20 heavy (non-hydrogen) atoms. The zero-order valence-corrected chi connectivity index (χ0v) is 12.3. The van der Waals surface area contributed by atoms with Gasteiger partial charge in [-0.25, -0.2) is 9.97 Å². The second-order valence-corrected chi connectivity index (χ2v) is 5.76. The Kier molecular flexibility index (Phi) is 3.61. The van der Waals surface area contributed by atoms with Crippen LogP contribution in [0.25, 0.3) is 0 Å². The molecule has 5 heteroatoms. The zero-order chi connectivity index (χ0) is 14.1. The summed E-state index contributed by atoms with van der Waals surface area (Å²) in [6.07, 6.45) is 9.27. The van der Waals surface area contributed by atoms with E-state index in [9.17, 15) is 0 Å². The maximum Gasteiger partial charge on any atom is 0.217 e. The molecule has 3 unspecified atom stereocenters. The van der Waals surface area contributed by atoms with E-state index in [1.165, 1.54) is 18.5 Å². The SMILES string of the molecule is Cc1cnc(C(C)n2cncc2C2CCCC(C)N2)o1. The van der Waals surface area contributed by atoms with Gasteiger partial charge in [0.15, 0.2) is 0 Å². The normalized spacial score (nSPS) is 24.8. The Morgan fingerprint density at radius 1 is 1.40 bits per heavy atom. The fraction of sp³-hybridized carbons (Fsp3) is 0.600. The van der Waals surface area contributed by atoms with Crippen LogP contribution in [0.5, 0.6) is 0 Å². The molecule has 2 aromatic heterocycles. The number of hydrogen-bond acceptors (Lipinski definition) is 4. The summed E-state index contributed by atoms with van der Waals surface area (Å²) >= 11 is 0. The highest BCUT2D eigenvalue weighted by Crippen LogP contribution is 2.28. The Morgan fingerprint density at radius 2 is 2.25 bits per heavy atom. The summed E-state index contributed by atoms with van der Waals surface area (Å²) in [6, 6.07) is 1.01. The maximum absolute atomic E-state index is 5.65. The number of hydrogen-bond donors (Lipinski definition) is 1. The number of nitrogens with zero attached hydrogens (tertiary/aromatic N) is 3. The van der Waals surface area contributed by atoms with Crippen LogP contribution in [-0.2, 0) is 0 Å². The van der Waals surface area contributed by atoms with E-state index in [1.54, 1.807) is 6.20 Å². The molecule has 1 aliphatic rings. The van der Waals surface area contributed by atoms with E-state index in [-0.39, 0.29) is 6.04 Å². The van der Waals surface area contributed by atoms with Gasteiger partial charge in [0.2, 0.25) is 5.89 Å². The molecule has 0 spiro atoms. The summed E-state index contributed by atoms with van der Waals surface area (Å²) in [5.74, 6) is 1.59. The van der Waals surface area contributed by atoms with Gasteiger partial charge in [-0.1, -0.05) is 0 Å². The molecule has 3 heterocycles. The summed E-state index contributed by atoms with van der Waals surface area (Å²) in [6.45, 7) is 6.26. The van der Waals surface area contributed by atoms with Gasteiger partial charge < -0.3 is 14.3 Å². The topological polar surface area (TPSA) is 55.9 Å². The first-order valence-corrected chi connectivity index (χ1v) is 7.35. The molecular formula is C15H22N4O. The van der Waals surface area contributed by atoms with E-state index in [4.69, 9.17) is 4.42 Å². The minimum Gasteiger partial charge on any atom is -0.444 e. The van der Waals surface area contributed by atoms with Gasteiger partial charge >= 0.3 is 0 Å². The average Bonchev–Trinajstić information content (AvgIpc) is 3.06. The van der Waals surface area contributed by atoms with Gasteiger partial charge in [0.05, 0.1) is 18.2 Å². The van der Waals surface area contributed by atoms with E-state index < -0.39 is 0 Å². The van der Waals surface area contributed by atoms with Gasteiger partial charge in [0.1, 0.15) is 11.8 Å². The standard InChI is InChI=1S/C15H22N4O/c1-10-5-4-6-13(18-10)14-8-16-9-19(14)12(3)15-17-7-11(2)20-15/h7-10,12-13,18H,4-6H2,1-3H3. The highest BCUT2D eigenvalue weighted by Gasteiger charge is 2.25. The number of piperidine rings is 1. The van der Waals surface area contributed by atoms with Crippen LogP contribution < -0.4 is 5.32 Å². The first kappa shape index (κ1) is 13.4. The molecule has 1 aliphatic heterocycles. The molecule has 3 rings (SSSR count). The predicted octanol–water partition coefficient (Wildman–Crippen LogP) is 2.99. The van der Waals surface area contributed by atoms with Crippen LogP contribution in [0.3, 0.4) is 0 Å². The van der Waals surface area contributed by atoms with Crippen LogP contribution in [0, 0.1) is 6.92 Å². The van der Waals surface area contributed by atoms with Crippen LogP contribution in [0.4, 0.5) is 0 Å². The number of rotatable bonds is 3. The molecule has 1 fully saturated rings. The molecule has 0 bridgehead atoms. The van der Waals surface area contributed by atoms with Crippen LogP contribution in [0.15, 0.2) is 23.1 Å². The van der Waals surface area contributed by atoms with Gasteiger partial charge in [-0.05, 0) is 40.0 Å². The van der Waals surface area contributed by atoms with E-state index in [0.29, 0.717) is 12.1 Å². The fourth-order valence-electron chi connectivity index (χ4n) is 2.96. The molecule has 5 nitrogen and oxygen atoms in total. The molecule has 0 aromatic carbocycles. The van der Waals surface area contributed by atoms with E-state index in [1.807, 2.05) is 19.4 Å². The summed E-state index contributed by atoms with van der Waals surface area (Å²) in [5, 5.41) is 3.66. The third-order valence-corrected chi connectivity index (χ3v) is 4.08. The minimum atomic E-state index is 0.0697. The van der Waals surface area contributed by atoms with Gasteiger partial charge in [-0.3, -0.25) is 0 Å². The second-order valence-electron chi connectivity index (χ2n) is 5.76. The van der Waals surface area contributed by atoms with Crippen molar-refractivity contribution in [3.8, 4) is 0 Å². The van der Waals surface area contributed by atoms with Crippen LogP contribution in [-0.4, -0.2) is 20.6 Å². The molecule has 2 aromatic rings. The molecule has 1 saturated heterocycles. The Hall–Kier alpha value is -1.62. The summed E-state index contributed by atoms with van der Waals surface area (Å²) in [5.41, 5.74) is 1.22. The molecular weight excluding hydrogens is 252 g/mol. The third-order valence-electron chi connectivity index (χ3n) is 4.08. The quantitative estimate of drug-likeness (QED) is 0.934. The first-order chi connectivity index (χ1) is 9.65. The highest BCUT2D eigenvalue weighted by molar-refractivity contribution is 5.11. The molecule has 3 atom stereocenters. The van der Waals surface area contributed by atoms with Crippen molar-refractivity contribution in [2.45, 2.75) is 58.2 Å². The van der Waals surface area contributed by atoms with Crippen molar-refractivity contribution in [2.24, 2.45) is 0 Å². The molecule has 108 valence electrons. The summed E-state index contributed by atoms with van der Waals surface area (Å²) in [7, 11) is 0. The van der Waals surface area contributed by atoms with E-state index in [0.717, 1.165) is 18.1 Å². The number of aromatic nitrogens is 3. The Bertz CT molecular complexity index is 574. The monoisotopic (exact) mass is 274 g/mol. The molecule has 0 saturated carbocycles. The van der Waals surface area contributed by atoms with Crippen LogP contribution >= 0.6 is 0 Å². The van der Waals surface area contributed by atoms with Crippen molar-refractivity contribution in [1.82, 2.24) is 19.9 Å². The van der Waals surface area contributed by atoms with Crippen molar-refractivity contribution in [3.05, 3.63) is 36.1 Å². The fourth-order valence-corrected chi connectivity index (χ4v) is 2.96. The Morgan fingerprint density at radius 3 is 2.95 bits per heavy atom. The molecule has 0 radical (unpaired) electrons. The van der Waals surface area contributed by atoms with E-state index >= 15 is 0 Å². The van der Waals surface area contributed by atoms with Crippen LogP contribution in [0.2, 0.25) is 0 Å². The summed E-state index contributed by atoms with van der Waals surface area (Å²) < 4.78 is 7.82. The Balaban J connectivity index is 1.86.